The van der Waals surface area contributed by atoms with E-state index in [9.17, 15) is 4.79 Å². The smallest absolute Gasteiger partial charge is 0.227 e. The Balaban J connectivity index is 0.00000156. The Morgan fingerprint density at radius 1 is 1.04 bits per heavy atom. The van der Waals surface area contributed by atoms with Crippen molar-refractivity contribution in [2.24, 2.45) is 17.6 Å². The number of hydrogen-bond donors (Lipinski definition) is 3. The molecule has 5 nitrogen and oxygen atoms in total. The highest BCUT2D eigenvalue weighted by Crippen LogP contribution is 2.32. The molecule has 3 rings (SSSR count). The highest BCUT2D eigenvalue weighted by molar-refractivity contribution is 5.93. The molecule has 1 aromatic rings. The van der Waals surface area contributed by atoms with Gasteiger partial charge in [0.25, 0.3) is 0 Å². The van der Waals surface area contributed by atoms with Gasteiger partial charge < -0.3 is 21.1 Å². The third-order valence-corrected chi connectivity index (χ3v) is 5.04. The van der Waals surface area contributed by atoms with Gasteiger partial charge in [0.2, 0.25) is 5.91 Å². The van der Waals surface area contributed by atoms with Crippen LogP contribution < -0.4 is 16.4 Å². The summed E-state index contributed by atoms with van der Waals surface area (Å²) in [5.41, 5.74) is 7.72. The quantitative estimate of drug-likeness (QED) is 0.720. The lowest BCUT2D eigenvalue weighted by molar-refractivity contribution is -0.120. The van der Waals surface area contributed by atoms with Crippen molar-refractivity contribution in [1.29, 1.82) is 0 Å². The zero-order valence-corrected chi connectivity index (χ0v) is 16.0. The molecule has 1 saturated heterocycles. The van der Waals surface area contributed by atoms with Crippen LogP contribution in [0.15, 0.2) is 24.3 Å². The summed E-state index contributed by atoms with van der Waals surface area (Å²) >= 11 is 0. The molecule has 7 heteroatoms. The summed E-state index contributed by atoms with van der Waals surface area (Å²) in [7, 11) is 0. The first-order chi connectivity index (χ1) is 11.3. The van der Waals surface area contributed by atoms with E-state index in [-0.39, 0.29) is 36.6 Å². The number of halogens is 2. The van der Waals surface area contributed by atoms with Crippen molar-refractivity contribution >= 4 is 42.1 Å². The fourth-order valence-corrected chi connectivity index (χ4v) is 3.63. The van der Waals surface area contributed by atoms with Crippen LogP contribution in [0, 0.1) is 11.8 Å². The van der Waals surface area contributed by atoms with Gasteiger partial charge in [-0.05, 0) is 62.4 Å². The number of amides is 1. The number of ether oxygens (including phenoxy) is 1. The minimum atomic E-state index is 0. The number of nitrogens with two attached hydrogens (primary N) is 1. The maximum atomic E-state index is 12.4. The molecule has 1 aromatic carbocycles. The first-order valence-corrected chi connectivity index (χ1v) is 8.71. The Morgan fingerprint density at radius 3 is 2.32 bits per heavy atom. The van der Waals surface area contributed by atoms with Crippen LogP contribution in [0.25, 0.3) is 0 Å². The fourth-order valence-electron chi connectivity index (χ4n) is 3.63. The average molecular weight is 390 g/mol. The lowest BCUT2D eigenvalue weighted by Gasteiger charge is -2.24. The molecule has 1 aliphatic carbocycles. The molecule has 2 aliphatic rings. The zero-order chi connectivity index (χ0) is 16.1. The van der Waals surface area contributed by atoms with Gasteiger partial charge >= 0.3 is 0 Å². The van der Waals surface area contributed by atoms with Crippen molar-refractivity contribution in [1.82, 2.24) is 0 Å². The molecule has 2 atom stereocenters. The van der Waals surface area contributed by atoms with Gasteiger partial charge in [-0.3, -0.25) is 4.79 Å². The van der Waals surface area contributed by atoms with E-state index in [1.165, 1.54) is 0 Å². The molecular formula is C18H29Cl2N3O2. The predicted octanol–water partition coefficient (Wildman–Crippen LogP) is 3.43. The molecule has 1 saturated carbocycles. The minimum Gasteiger partial charge on any atom is -0.382 e. The Kier molecular flexibility index (Phi) is 9.57. The zero-order valence-electron chi connectivity index (χ0n) is 14.4. The molecule has 0 unspecified atom stereocenters. The number of carbonyl (C=O) groups is 1. The van der Waals surface area contributed by atoms with Gasteiger partial charge in [0.15, 0.2) is 0 Å². The number of carbonyl (C=O) groups excluding carboxylic acids is 1. The number of rotatable bonds is 5. The molecule has 142 valence electrons. The Hall–Kier alpha value is -1.01. The Morgan fingerprint density at radius 2 is 1.68 bits per heavy atom. The normalized spacial score (nSPS) is 23.2. The van der Waals surface area contributed by atoms with E-state index < -0.39 is 0 Å². The molecule has 2 fully saturated rings. The van der Waals surface area contributed by atoms with Crippen LogP contribution >= 0.6 is 24.8 Å². The third-order valence-electron chi connectivity index (χ3n) is 5.04. The van der Waals surface area contributed by atoms with Crippen LogP contribution in [0.5, 0.6) is 0 Å². The second-order valence-electron chi connectivity index (χ2n) is 6.63. The summed E-state index contributed by atoms with van der Waals surface area (Å²) in [6.07, 6.45) is 5.22. The van der Waals surface area contributed by atoms with Gasteiger partial charge in [-0.1, -0.05) is 6.42 Å². The first kappa shape index (κ1) is 22.0. The summed E-state index contributed by atoms with van der Waals surface area (Å²) in [5, 5.41) is 6.56. The van der Waals surface area contributed by atoms with Gasteiger partial charge in [0.05, 0.1) is 0 Å². The first-order valence-electron chi connectivity index (χ1n) is 8.71. The van der Waals surface area contributed by atoms with Crippen LogP contribution in [0.1, 0.15) is 32.1 Å². The van der Waals surface area contributed by atoms with Gasteiger partial charge in [-0.2, -0.15) is 0 Å². The molecule has 25 heavy (non-hydrogen) atoms. The molecule has 0 spiro atoms. The van der Waals surface area contributed by atoms with Gasteiger partial charge in [0, 0.05) is 36.5 Å². The van der Waals surface area contributed by atoms with Crippen LogP contribution in [-0.2, 0) is 9.53 Å². The summed E-state index contributed by atoms with van der Waals surface area (Å²) in [5.74, 6) is 0.521. The van der Waals surface area contributed by atoms with E-state index in [0.29, 0.717) is 18.5 Å². The average Bonchev–Trinajstić information content (AvgIpc) is 3.06. The van der Waals surface area contributed by atoms with Crippen LogP contribution in [0.4, 0.5) is 11.4 Å². The predicted molar refractivity (Wildman–Crippen MR) is 107 cm³/mol. The molecule has 0 bridgehead atoms. The Labute approximate surface area is 162 Å². The van der Waals surface area contributed by atoms with Gasteiger partial charge in [-0.25, -0.2) is 0 Å². The lowest BCUT2D eigenvalue weighted by Crippen LogP contribution is -2.29. The number of nitrogens with one attached hydrogen (secondary N) is 2. The topological polar surface area (TPSA) is 76.4 Å². The molecule has 1 heterocycles. The maximum absolute atomic E-state index is 12.4. The van der Waals surface area contributed by atoms with Crippen molar-refractivity contribution in [3.63, 3.8) is 0 Å². The highest BCUT2D eigenvalue weighted by atomic mass is 35.5. The second-order valence-corrected chi connectivity index (χ2v) is 6.63. The van der Waals surface area contributed by atoms with Crippen molar-refractivity contribution < 1.29 is 9.53 Å². The van der Waals surface area contributed by atoms with E-state index in [1.54, 1.807) is 0 Å². The summed E-state index contributed by atoms with van der Waals surface area (Å²) in [4.78, 5) is 12.4. The minimum absolute atomic E-state index is 0. The second kappa shape index (κ2) is 10.9. The van der Waals surface area contributed by atoms with Crippen LogP contribution in [0.2, 0.25) is 0 Å². The van der Waals surface area contributed by atoms with E-state index in [2.05, 4.69) is 10.6 Å². The van der Waals surface area contributed by atoms with E-state index >= 15 is 0 Å². The molecule has 1 amide bonds. The summed E-state index contributed by atoms with van der Waals surface area (Å²) in [6.45, 7) is 2.26. The molecule has 4 N–H and O–H groups in total. The van der Waals surface area contributed by atoms with Crippen molar-refractivity contribution in [2.75, 3.05) is 30.4 Å². The molecule has 1 aliphatic heterocycles. The van der Waals surface area contributed by atoms with Crippen LogP contribution in [-0.4, -0.2) is 31.7 Å². The van der Waals surface area contributed by atoms with Crippen LogP contribution in [0.3, 0.4) is 0 Å². The monoisotopic (exact) mass is 389 g/mol. The molecule has 0 radical (unpaired) electrons. The fraction of sp³-hybridized carbons (Fsp3) is 0.611. The van der Waals surface area contributed by atoms with Crippen molar-refractivity contribution in [2.45, 2.75) is 38.1 Å². The molecule has 0 aromatic heterocycles. The summed E-state index contributed by atoms with van der Waals surface area (Å²) in [6, 6.07) is 8.46. The number of hydrogen-bond acceptors (Lipinski definition) is 4. The van der Waals surface area contributed by atoms with Crippen molar-refractivity contribution in [3.8, 4) is 0 Å². The lowest BCUT2D eigenvalue weighted by atomic mass is 9.95. The largest absolute Gasteiger partial charge is 0.382 e. The van der Waals surface area contributed by atoms with Gasteiger partial charge in [0.1, 0.15) is 0 Å². The van der Waals surface area contributed by atoms with E-state index in [0.717, 1.165) is 56.7 Å². The third kappa shape index (κ3) is 6.03. The highest BCUT2D eigenvalue weighted by Gasteiger charge is 2.31. The van der Waals surface area contributed by atoms with Crippen molar-refractivity contribution in [3.05, 3.63) is 24.3 Å². The summed E-state index contributed by atoms with van der Waals surface area (Å²) < 4.78 is 5.37. The SMILES string of the molecule is Cl.Cl.NC[C@H]1CCC[C@H]1C(=O)Nc1ccc(NC2CCOCC2)cc1. The number of benzene rings is 1. The van der Waals surface area contributed by atoms with Gasteiger partial charge in [-0.15, -0.1) is 24.8 Å². The Bertz CT molecular complexity index is 522. The number of anilines is 2. The molecular weight excluding hydrogens is 361 g/mol. The standard InChI is InChI=1S/C18H27N3O2.2ClH/c19-12-13-2-1-3-17(13)18(22)21-15-6-4-14(5-7-15)20-16-8-10-23-11-9-16;;/h4-7,13,16-17,20H,1-3,8-12,19H2,(H,21,22);2*1H/t13-,17-;;/m1../s1. The maximum Gasteiger partial charge on any atom is 0.227 e. The van der Waals surface area contributed by atoms with E-state index in [4.69, 9.17) is 10.5 Å². The van der Waals surface area contributed by atoms with E-state index in [1.807, 2.05) is 24.3 Å².